The molecule has 0 aliphatic carbocycles. The lowest BCUT2D eigenvalue weighted by molar-refractivity contribution is 0.102. The summed E-state index contributed by atoms with van der Waals surface area (Å²) in [5, 5.41) is 6.91. The maximum Gasteiger partial charge on any atom is 0.274 e. The SMILES string of the molecule is CC(C)n1cc(NC(=O)c2ccc(CN)cn2)cn1. The number of amides is 1. The summed E-state index contributed by atoms with van der Waals surface area (Å²) in [5.74, 6) is -0.258. The molecule has 19 heavy (non-hydrogen) atoms. The Hall–Kier alpha value is -2.21. The summed E-state index contributed by atoms with van der Waals surface area (Å²) in [7, 11) is 0. The van der Waals surface area contributed by atoms with Crippen molar-refractivity contribution < 1.29 is 4.79 Å². The lowest BCUT2D eigenvalue weighted by Crippen LogP contribution is -2.13. The highest BCUT2D eigenvalue weighted by Gasteiger charge is 2.09. The zero-order valence-corrected chi connectivity index (χ0v) is 11.0. The Kier molecular flexibility index (Phi) is 3.91. The molecule has 6 heteroatoms. The van der Waals surface area contributed by atoms with E-state index >= 15 is 0 Å². The predicted octanol–water partition coefficient (Wildman–Crippen LogP) is 1.57. The minimum Gasteiger partial charge on any atom is -0.326 e. The number of carbonyl (C=O) groups is 1. The molecule has 0 unspecified atom stereocenters. The van der Waals surface area contributed by atoms with Crippen molar-refractivity contribution in [3.63, 3.8) is 0 Å². The Balaban J connectivity index is 2.06. The molecule has 2 rings (SSSR count). The van der Waals surface area contributed by atoms with E-state index in [1.165, 1.54) is 0 Å². The normalized spacial score (nSPS) is 10.7. The van der Waals surface area contributed by atoms with Gasteiger partial charge in [0, 0.05) is 25.0 Å². The lowest BCUT2D eigenvalue weighted by atomic mass is 10.2. The van der Waals surface area contributed by atoms with Crippen molar-refractivity contribution in [1.82, 2.24) is 14.8 Å². The van der Waals surface area contributed by atoms with Crippen LogP contribution in [0, 0.1) is 0 Å². The van der Waals surface area contributed by atoms with Crippen LogP contribution in [0.25, 0.3) is 0 Å². The summed E-state index contributed by atoms with van der Waals surface area (Å²) in [6, 6.07) is 3.71. The van der Waals surface area contributed by atoms with Crippen LogP contribution in [0.5, 0.6) is 0 Å². The van der Waals surface area contributed by atoms with E-state index in [-0.39, 0.29) is 11.9 Å². The van der Waals surface area contributed by atoms with E-state index in [1.54, 1.807) is 35.4 Å². The second-order valence-corrected chi connectivity index (χ2v) is 4.51. The van der Waals surface area contributed by atoms with E-state index in [4.69, 9.17) is 5.73 Å². The molecular weight excluding hydrogens is 242 g/mol. The second-order valence-electron chi connectivity index (χ2n) is 4.51. The van der Waals surface area contributed by atoms with Crippen molar-refractivity contribution in [2.24, 2.45) is 5.73 Å². The minimum atomic E-state index is -0.258. The monoisotopic (exact) mass is 259 g/mol. The van der Waals surface area contributed by atoms with Gasteiger partial charge in [-0.25, -0.2) is 0 Å². The van der Waals surface area contributed by atoms with E-state index in [0.717, 1.165) is 5.56 Å². The number of nitrogens with zero attached hydrogens (tertiary/aromatic N) is 3. The number of anilines is 1. The average molecular weight is 259 g/mol. The maximum atomic E-state index is 12.0. The van der Waals surface area contributed by atoms with Crippen LogP contribution in [0.4, 0.5) is 5.69 Å². The van der Waals surface area contributed by atoms with Gasteiger partial charge in [-0.3, -0.25) is 14.5 Å². The van der Waals surface area contributed by atoms with Gasteiger partial charge in [0.15, 0.2) is 0 Å². The standard InChI is InChI=1S/C13H17N5O/c1-9(2)18-8-11(7-16-18)17-13(19)12-4-3-10(5-14)6-15-12/h3-4,6-9H,5,14H2,1-2H3,(H,17,19). The van der Waals surface area contributed by atoms with Gasteiger partial charge < -0.3 is 11.1 Å². The van der Waals surface area contributed by atoms with Gasteiger partial charge in [-0.05, 0) is 25.5 Å². The maximum absolute atomic E-state index is 12.0. The third-order valence-corrected chi connectivity index (χ3v) is 2.68. The van der Waals surface area contributed by atoms with E-state index in [0.29, 0.717) is 17.9 Å². The molecule has 0 saturated heterocycles. The van der Waals surface area contributed by atoms with E-state index < -0.39 is 0 Å². The molecule has 0 fully saturated rings. The number of pyridine rings is 1. The zero-order valence-electron chi connectivity index (χ0n) is 11.0. The number of carbonyl (C=O) groups excluding carboxylic acids is 1. The van der Waals surface area contributed by atoms with E-state index in [1.807, 2.05) is 13.8 Å². The second kappa shape index (κ2) is 5.62. The van der Waals surface area contributed by atoms with Crippen LogP contribution in [-0.2, 0) is 6.54 Å². The summed E-state index contributed by atoms with van der Waals surface area (Å²) in [6.07, 6.45) is 5.01. The van der Waals surface area contributed by atoms with Crippen LogP contribution < -0.4 is 11.1 Å². The number of rotatable bonds is 4. The summed E-state index contributed by atoms with van der Waals surface area (Å²) in [4.78, 5) is 16.0. The fourth-order valence-corrected chi connectivity index (χ4v) is 1.56. The molecule has 3 N–H and O–H groups in total. The molecular formula is C13H17N5O. The first-order valence-electron chi connectivity index (χ1n) is 6.10. The molecule has 0 saturated carbocycles. The number of aromatic nitrogens is 3. The van der Waals surface area contributed by atoms with Crippen molar-refractivity contribution in [3.8, 4) is 0 Å². The van der Waals surface area contributed by atoms with Crippen molar-refractivity contribution >= 4 is 11.6 Å². The Bertz CT molecular complexity index is 559. The molecule has 0 aliphatic heterocycles. The largest absolute Gasteiger partial charge is 0.326 e. The van der Waals surface area contributed by atoms with Crippen LogP contribution in [0.15, 0.2) is 30.7 Å². The fourth-order valence-electron chi connectivity index (χ4n) is 1.56. The van der Waals surface area contributed by atoms with Crippen molar-refractivity contribution in [1.29, 1.82) is 0 Å². The molecule has 1 amide bonds. The molecule has 2 aromatic rings. The first-order chi connectivity index (χ1) is 9.10. The van der Waals surface area contributed by atoms with Crippen molar-refractivity contribution in [2.75, 3.05) is 5.32 Å². The number of hydrogen-bond acceptors (Lipinski definition) is 4. The third-order valence-electron chi connectivity index (χ3n) is 2.68. The predicted molar refractivity (Wildman–Crippen MR) is 72.7 cm³/mol. The summed E-state index contributed by atoms with van der Waals surface area (Å²) >= 11 is 0. The summed E-state index contributed by atoms with van der Waals surface area (Å²) < 4.78 is 1.78. The first-order valence-corrected chi connectivity index (χ1v) is 6.10. The van der Waals surface area contributed by atoms with Crippen molar-refractivity contribution in [2.45, 2.75) is 26.4 Å². The molecule has 0 atom stereocenters. The molecule has 2 aromatic heterocycles. The highest BCUT2D eigenvalue weighted by molar-refractivity contribution is 6.02. The fraction of sp³-hybridized carbons (Fsp3) is 0.308. The van der Waals surface area contributed by atoms with Crippen molar-refractivity contribution in [3.05, 3.63) is 42.0 Å². The smallest absolute Gasteiger partial charge is 0.274 e. The van der Waals surface area contributed by atoms with Gasteiger partial charge in [-0.2, -0.15) is 5.10 Å². The molecule has 0 aliphatic rings. The van der Waals surface area contributed by atoms with E-state index in [2.05, 4.69) is 15.4 Å². The Morgan fingerprint density at radius 2 is 2.21 bits per heavy atom. The van der Waals surface area contributed by atoms with Gasteiger partial charge in [0.2, 0.25) is 0 Å². The van der Waals surface area contributed by atoms with Crippen LogP contribution in [0.2, 0.25) is 0 Å². The van der Waals surface area contributed by atoms with Gasteiger partial charge in [0.05, 0.1) is 11.9 Å². The molecule has 0 spiro atoms. The molecule has 0 aromatic carbocycles. The van der Waals surface area contributed by atoms with Gasteiger partial charge in [0.25, 0.3) is 5.91 Å². The van der Waals surface area contributed by atoms with Gasteiger partial charge in [-0.1, -0.05) is 6.07 Å². The molecule has 2 heterocycles. The van der Waals surface area contributed by atoms with Gasteiger partial charge >= 0.3 is 0 Å². The molecule has 100 valence electrons. The number of hydrogen-bond donors (Lipinski definition) is 2. The Labute approximate surface area is 111 Å². The first kappa shape index (κ1) is 13.2. The third kappa shape index (κ3) is 3.17. The zero-order chi connectivity index (χ0) is 13.8. The highest BCUT2D eigenvalue weighted by atomic mass is 16.1. The molecule has 0 radical (unpaired) electrons. The molecule has 6 nitrogen and oxygen atoms in total. The van der Waals surface area contributed by atoms with Crippen LogP contribution in [-0.4, -0.2) is 20.7 Å². The number of nitrogens with one attached hydrogen (secondary N) is 1. The number of nitrogens with two attached hydrogens (primary N) is 1. The minimum absolute atomic E-state index is 0.257. The lowest BCUT2D eigenvalue weighted by Gasteiger charge is -2.04. The van der Waals surface area contributed by atoms with E-state index in [9.17, 15) is 4.79 Å². The summed E-state index contributed by atoms with van der Waals surface area (Å²) in [6.45, 7) is 4.45. The van der Waals surface area contributed by atoms with Gasteiger partial charge in [0.1, 0.15) is 5.69 Å². The summed E-state index contributed by atoms with van der Waals surface area (Å²) in [5.41, 5.74) is 7.38. The average Bonchev–Trinajstić information content (AvgIpc) is 2.87. The van der Waals surface area contributed by atoms with Crippen LogP contribution in [0.1, 0.15) is 35.9 Å². The molecule has 0 bridgehead atoms. The van der Waals surface area contributed by atoms with Crippen LogP contribution in [0.3, 0.4) is 0 Å². The highest BCUT2D eigenvalue weighted by Crippen LogP contribution is 2.11. The Morgan fingerprint density at radius 3 is 2.74 bits per heavy atom. The Morgan fingerprint density at radius 1 is 1.42 bits per heavy atom. The van der Waals surface area contributed by atoms with Crippen LogP contribution >= 0.6 is 0 Å². The van der Waals surface area contributed by atoms with Gasteiger partial charge in [-0.15, -0.1) is 0 Å². The quantitative estimate of drug-likeness (QED) is 0.872. The topological polar surface area (TPSA) is 85.8 Å².